The summed E-state index contributed by atoms with van der Waals surface area (Å²) >= 11 is 1.76. The molecule has 0 N–H and O–H groups in total. The van der Waals surface area contributed by atoms with Gasteiger partial charge in [-0.3, -0.25) is 4.79 Å². The molecule has 3 nitrogen and oxygen atoms in total. The lowest BCUT2D eigenvalue weighted by molar-refractivity contribution is -0.131. The van der Waals surface area contributed by atoms with E-state index in [1.165, 1.54) is 0 Å². The van der Waals surface area contributed by atoms with Crippen LogP contribution in [0.3, 0.4) is 0 Å². The topological polar surface area (TPSA) is 33.5 Å². The minimum atomic E-state index is 0.0949. The molecule has 1 aliphatic rings. The standard InChI is InChI=1S/C10H13NO2S/c1-2-9(12)11-5-7-14-10(11)8-4-3-6-13-8/h3-4,6,10H,2,5,7H2,1H3/t10-/m1/s1. The molecule has 0 bridgehead atoms. The second-order valence-electron chi connectivity index (χ2n) is 3.18. The summed E-state index contributed by atoms with van der Waals surface area (Å²) in [7, 11) is 0. The quantitative estimate of drug-likeness (QED) is 0.752. The maximum absolute atomic E-state index is 11.6. The molecule has 4 heteroatoms. The zero-order valence-corrected chi connectivity index (χ0v) is 8.92. The van der Waals surface area contributed by atoms with E-state index in [0.717, 1.165) is 18.1 Å². The summed E-state index contributed by atoms with van der Waals surface area (Å²) in [6.45, 7) is 2.73. The molecular formula is C10H13NO2S. The van der Waals surface area contributed by atoms with Crippen LogP contribution < -0.4 is 0 Å². The van der Waals surface area contributed by atoms with E-state index in [-0.39, 0.29) is 11.3 Å². The van der Waals surface area contributed by atoms with Gasteiger partial charge in [0.1, 0.15) is 11.1 Å². The van der Waals surface area contributed by atoms with E-state index >= 15 is 0 Å². The van der Waals surface area contributed by atoms with Gasteiger partial charge in [0, 0.05) is 18.7 Å². The lowest BCUT2D eigenvalue weighted by Crippen LogP contribution is -2.29. The zero-order chi connectivity index (χ0) is 9.97. The van der Waals surface area contributed by atoms with Crippen LogP contribution in [0, 0.1) is 0 Å². The first-order valence-electron chi connectivity index (χ1n) is 4.77. The highest BCUT2D eigenvalue weighted by Crippen LogP contribution is 2.38. The summed E-state index contributed by atoms with van der Waals surface area (Å²) < 4.78 is 5.33. The highest BCUT2D eigenvalue weighted by Gasteiger charge is 2.31. The second kappa shape index (κ2) is 4.09. The molecule has 0 spiro atoms. The first kappa shape index (κ1) is 9.65. The molecule has 1 aromatic heterocycles. The molecule has 1 amide bonds. The van der Waals surface area contributed by atoms with Gasteiger partial charge >= 0.3 is 0 Å². The molecule has 0 saturated carbocycles. The summed E-state index contributed by atoms with van der Waals surface area (Å²) in [5, 5.41) is 0.0949. The van der Waals surface area contributed by atoms with Crippen LogP contribution in [0.15, 0.2) is 22.8 Å². The molecule has 1 saturated heterocycles. The van der Waals surface area contributed by atoms with Crippen molar-refractivity contribution in [3.63, 3.8) is 0 Å². The number of rotatable bonds is 2. The lowest BCUT2D eigenvalue weighted by Gasteiger charge is -2.21. The fourth-order valence-corrected chi connectivity index (χ4v) is 2.82. The van der Waals surface area contributed by atoms with Gasteiger partial charge in [0.25, 0.3) is 0 Å². The van der Waals surface area contributed by atoms with Crippen molar-refractivity contribution >= 4 is 17.7 Å². The number of carbonyl (C=O) groups excluding carboxylic acids is 1. The minimum Gasteiger partial charge on any atom is -0.466 e. The Kier molecular flexibility index (Phi) is 2.82. The predicted molar refractivity (Wildman–Crippen MR) is 55.9 cm³/mol. The zero-order valence-electron chi connectivity index (χ0n) is 8.10. The van der Waals surface area contributed by atoms with Crippen molar-refractivity contribution in [2.45, 2.75) is 18.7 Å². The Morgan fingerprint density at radius 1 is 1.79 bits per heavy atom. The summed E-state index contributed by atoms with van der Waals surface area (Å²) in [5.74, 6) is 2.09. The van der Waals surface area contributed by atoms with E-state index in [4.69, 9.17) is 4.42 Å². The van der Waals surface area contributed by atoms with E-state index in [1.54, 1.807) is 18.0 Å². The average molecular weight is 211 g/mol. The number of furan rings is 1. The summed E-state index contributed by atoms with van der Waals surface area (Å²) in [6, 6.07) is 3.79. The molecule has 2 heterocycles. The first-order valence-corrected chi connectivity index (χ1v) is 5.82. The molecule has 0 aromatic carbocycles. The molecule has 76 valence electrons. The number of carbonyl (C=O) groups is 1. The van der Waals surface area contributed by atoms with Crippen molar-refractivity contribution in [2.75, 3.05) is 12.3 Å². The van der Waals surface area contributed by atoms with Crippen molar-refractivity contribution in [3.05, 3.63) is 24.2 Å². The Balaban J connectivity index is 2.15. The predicted octanol–water partition coefficient (Wildman–Crippen LogP) is 2.26. The molecule has 0 radical (unpaired) electrons. The van der Waals surface area contributed by atoms with Gasteiger partial charge in [-0.1, -0.05) is 6.92 Å². The molecule has 1 aliphatic heterocycles. The van der Waals surface area contributed by atoms with E-state index in [2.05, 4.69) is 0 Å². The first-order chi connectivity index (χ1) is 6.83. The fourth-order valence-electron chi connectivity index (χ4n) is 1.60. The van der Waals surface area contributed by atoms with Gasteiger partial charge in [-0.2, -0.15) is 0 Å². The van der Waals surface area contributed by atoms with Crippen LogP contribution in [0.4, 0.5) is 0 Å². The molecule has 0 unspecified atom stereocenters. The fraction of sp³-hybridized carbons (Fsp3) is 0.500. The van der Waals surface area contributed by atoms with Gasteiger partial charge < -0.3 is 9.32 Å². The third-order valence-corrected chi connectivity index (χ3v) is 3.52. The molecule has 1 atom stereocenters. The monoisotopic (exact) mass is 211 g/mol. The summed E-state index contributed by atoms with van der Waals surface area (Å²) in [6.07, 6.45) is 2.22. The number of hydrogen-bond donors (Lipinski definition) is 0. The Labute approximate surface area is 87.5 Å². The average Bonchev–Trinajstić information content (AvgIpc) is 2.85. The number of thioether (sulfide) groups is 1. The number of nitrogens with zero attached hydrogens (tertiary/aromatic N) is 1. The van der Waals surface area contributed by atoms with E-state index in [1.807, 2.05) is 24.0 Å². The Bertz CT molecular complexity index is 310. The Hall–Kier alpha value is -0.900. The van der Waals surface area contributed by atoms with Crippen LogP contribution in [-0.4, -0.2) is 23.1 Å². The largest absolute Gasteiger partial charge is 0.466 e. The smallest absolute Gasteiger partial charge is 0.223 e. The highest BCUT2D eigenvalue weighted by atomic mass is 32.2. The van der Waals surface area contributed by atoms with Crippen molar-refractivity contribution in [1.29, 1.82) is 0 Å². The maximum atomic E-state index is 11.6. The normalized spacial score (nSPS) is 21.5. The van der Waals surface area contributed by atoms with Crippen molar-refractivity contribution in [1.82, 2.24) is 4.90 Å². The molecule has 2 rings (SSSR count). The minimum absolute atomic E-state index is 0.0949. The molecule has 1 fully saturated rings. The maximum Gasteiger partial charge on any atom is 0.223 e. The molecule has 14 heavy (non-hydrogen) atoms. The van der Waals surface area contributed by atoms with Gasteiger partial charge in [0.2, 0.25) is 5.91 Å². The van der Waals surface area contributed by atoms with Crippen LogP contribution in [0.25, 0.3) is 0 Å². The van der Waals surface area contributed by atoms with Gasteiger partial charge in [0.05, 0.1) is 6.26 Å². The Morgan fingerprint density at radius 3 is 3.29 bits per heavy atom. The molecule has 0 aliphatic carbocycles. The molecule has 1 aromatic rings. The highest BCUT2D eigenvalue weighted by molar-refractivity contribution is 7.99. The van der Waals surface area contributed by atoms with Gasteiger partial charge in [-0.05, 0) is 12.1 Å². The third kappa shape index (κ3) is 1.66. The van der Waals surface area contributed by atoms with Crippen LogP contribution in [0.5, 0.6) is 0 Å². The van der Waals surface area contributed by atoms with E-state index in [0.29, 0.717) is 6.42 Å². The van der Waals surface area contributed by atoms with Gasteiger partial charge in [0.15, 0.2) is 0 Å². The Morgan fingerprint density at radius 2 is 2.64 bits per heavy atom. The van der Waals surface area contributed by atoms with E-state index < -0.39 is 0 Å². The van der Waals surface area contributed by atoms with Crippen molar-refractivity contribution in [3.8, 4) is 0 Å². The number of hydrogen-bond acceptors (Lipinski definition) is 3. The lowest BCUT2D eigenvalue weighted by atomic mass is 10.3. The SMILES string of the molecule is CCC(=O)N1CCS[C@@H]1c1ccco1. The van der Waals surface area contributed by atoms with Crippen LogP contribution in [-0.2, 0) is 4.79 Å². The summed E-state index contributed by atoms with van der Waals surface area (Å²) in [5.41, 5.74) is 0. The summed E-state index contributed by atoms with van der Waals surface area (Å²) in [4.78, 5) is 13.5. The van der Waals surface area contributed by atoms with Gasteiger partial charge in [-0.25, -0.2) is 0 Å². The van der Waals surface area contributed by atoms with E-state index in [9.17, 15) is 4.79 Å². The van der Waals surface area contributed by atoms with Gasteiger partial charge in [-0.15, -0.1) is 11.8 Å². The van der Waals surface area contributed by atoms with Crippen LogP contribution >= 0.6 is 11.8 Å². The third-order valence-electron chi connectivity index (χ3n) is 2.30. The number of amides is 1. The van der Waals surface area contributed by atoms with Crippen LogP contribution in [0.2, 0.25) is 0 Å². The van der Waals surface area contributed by atoms with Crippen molar-refractivity contribution < 1.29 is 9.21 Å². The van der Waals surface area contributed by atoms with Crippen LogP contribution in [0.1, 0.15) is 24.5 Å². The second-order valence-corrected chi connectivity index (χ2v) is 4.37. The molecular weight excluding hydrogens is 198 g/mol. The van der Waals surface area contributed by atoms with Crippen molar-refractivity contribution in [2.24, 2.45) is 0 Å².